The predicted octanol–water partition coefficient (Wildman–Crippen LogP) is 4.09. The van der Waals surface area contributed by atoms with Crippen LogP contribution < -0.4 is 5.32 Å². The number of pyridine rings is 1. The number of nitrogens with one attached hydrogen (secondary N) is 1. The highest BCUT2D eigenvalue weighted by atomic mass is 19.1. The van der Waals surface area contributed by atoms with Gasteiger partial charge < -0.3 is 5.32 Å². The molecule has 0 aromatic carbocycles. The van der Waals surface area contributed by atoms with Gasteiger partial charge in [-0.2, -0.15) is 0 Å². The van der Waals surface area contributed by atoms with Crippen LogP contribution in [0.2, 0.25) is 0 Å². The molecule has 1 aromatic heterocycles. The molecule has 1 heterocycles. The largest absolute Gasteiger partial charge is 0.310 e. The van der Waals surface area contributed by atoms with E-state index in [1.165, 1.54) is 19.0 Å². The first-order chi connectivity index (χ1) is 8.71. The minimum atomic E-state index is -0.250. The van der Waals surface area contributed by atoms with Crippen molar-refractivity contribution < 1.29 is 4.39 Å². The lowest BCUT2D eigenvalue weighted by Crippen LogP contribution is -2.24. The maximum absolute atomic E-state index is 13.3. The summed E-state index contributed by atoms with van der Waals surface area (Å²) in [5.74, 6) is 0.433. The average molecular weight is 252 g/mol. The standard InChI is InChI=1S/C15H25FN2/c1-4-7-18-15(8-12(5-2)6-3)13-9-14(16)11-17-10-13/h9-12,15,18H,4-8H2,1-3H3. The normalized spacial score (nSPS) is 12.9. The number of aromatic nitrogens is 1. The Kier molecular flexibility index (Phi) is 6.88. The van der Waals surface area contributed by atoms with E-state index in [0.29, 0.717) is 5.92 Å². The third kappa shape index (κ3) is 4.73. The van der Waals surface area contributed by atoms with E-state index < -0.39 is 0 Å². The van der Waals surface area contributed by atoms with E-state index in [-0.39, 0.29) is 11.9 Å². The van der Waals surface area contributed by atoms with Gasteiger partial charge in [0.2, 0.25) is 0 Å². The molecule has 1 rings (SSSR count). The Bertz CT molecular complexity index is 337. The first-order valence-electron chi connectivity index (χ1n) is 7.05. The van der Waals surface area contributed by atoms with Crippen LogP contribution in [0.5, 0.6) is 0 Å². The summed E-state index contributed by atoms with van der Waals surface area (Å²) < 4.78 is 13.3. The molecule has 1 unspecified atom stereocenters. The van der Waals surface area contributed by atoms with Crippen molar-refractivity contribution in [3.05, 3.63) is 29.8 Å². The Labute approximate surface area is 110 Å². The van der Waals surface area contributed by atoms with Gasteiger partial charge in [0.25, 0.3) is 0 Å². The molecule has 1 aromatic rings. The molecule has 0 aliphatic carbocycles. The van der Waals surface area contributed by atoms with E-state index in [0.717, 1.165) is 24.9 Å². The summed E-state index contributed by atoms with van der Waals surface area (Å²) in [4.78, 5) is 3.96. The van der Waals surface area contributed by atoms with Crippen LogP contribution >= 0.6 is 0 Å². The van der Waals surface area contributed by atoms with Crippen LogP contribution in [-0.4, -0.2) is 11.5 Å². The van der Waals surface area contributed by atoms with Crippen LogP contribution in [-0.2, 0) is 0 Å². The van der Waals surface area contributed by atoms with E-state index in [4.69, 9.17) is 0 Å². The molecule has 0 aliphatic rings. The van der Waals surface area contributed by atoms with Gasteiger partial charge in [-0.1, -0.05) is 33.6 Å². The van der Waals surface area contributed by atoms with Crippen molar-refractivity contribution in [2.75, 3.05) is 6.54 Å². The van der Waals surface area contributed by atoms with Crippen LogP contribution in [0.3, 0.4) is 0 Å². The molecule has 1 N–H and O–H groups in total. The molecule has 0 aliphatic heterocycles. The van der Waals surface area contributed by atoms with Gasteiger partial charge in [-0.25, -0.2) is 4.39 Å². The lowest BCUT2D eigenvalue weighted by atomic mass is 9.91. The Morgan fingerprint density at radius 1 is 1.22 bits per heavy atom. The number of hydrogen-bond donors (Lipinski definition) is 1. The molecule has 2 nitrogen and oxygen atoms in total. The molecule has 1 atom stereocenters. The SMILES string of the molecule is CCCNC(CC(CC)CC)c1cncc(F)c1. The molecular formula is C15H25FN2. The van der Waals surface area contributed by atoms with Crippen molar-refractivity contribution in [2.45, 2.75) is 52.5 Å². The average Bonchev–Trinajstić information content (AvgIpc) is 2.39. The van der Waals surface area contributed by atoms with E-state index in [1.54, 1.807) is 12.3 Å². The van der Waals surface area contributed by atoms with Crippen LogP contribution in [0, 0.1) is 11.7 Å². The van der Waals surface area contributed by atoms with Gasteiger partial charge >= 0.3 is 0 Å². The van der Waals surface area contributed by atoms with Crippen LogP contribution in [0.1, 0.15) is 58.1 Å². The van der Waals surface area contributed by atoms with E-state index in [2.05, 4.69) is 31.1 Å². The molecular weight excluding hydrogens is 227 g/mol. The maximum Gasteiger partial charge on any atom is 0.141 e. The first-order valence-corrected chi connectivity index (χ1v) is 7.05. The number of rotatable bonds is 8. The highest BCUT2D eigenvalue weighted by molar-refractivity contribution is 5.15. The number of halogens is 1. The van der Waals surface area contributed by atoms with Gasteiger partial charge in [0.1, 0.15) is 5.82 Å². The molecule has 18 heavy (non-hydrogen) atoms. The van der Waals surface area contributed by atoms with Gasteiger partial charge in [-0.3, -0.25) is 4.98 Å². The molecule has 0 amide bonds. The molecule has 3 heteroatoms. The molecule has 0 spiro atoms. The number of hydrogen-bond acceptors (Lipinski definition) is 2. The maximum atomic E-state index is 13.3. The summed E-state index contributed by atoms with van der Waals surface area (Å²) in [5.41, 5.74) is 0.968. The Hall–Kier alpha value is -0.960. The monoisotopic (exact) mass is 252 g/mol. The van der Waals surface area contributed by atoms with Crippen LogP contribution in [0.15, 0.2) is 18.5 Å². The van der Waals surface area contributed by atoms with Crippen molar-refractivity contribution in [1.82, 2.24) is 10.3 Å². The number of nitrogens with zero attached hydrogens (tertiary/aromatic N) is 1. The fraction of sp³-hybridized carbons (Fsp3) is 0.667. The highest BCUT2D eigenvalue weighted by Gasteiger charge is 2.16. The van der Waals surface area contributed by atoms with Crippen molar-refractivity contribution >= 4 is 0 Å². The van der Waals surface area contributed by atoms with Gasteiger partial charge in [0.05, 0.1) is 6.20 Å². The molecule has 0 bridgehead atoms. The smallest absolute Gasteiger partial charge is 0.141 e. The Balaban J connectivity index is 2.76. The summed E-state index contributed by atoms with van der Waals surface area (Å²) in [6, 6.07) is 1.82. The molecule has 0 saturated carbocycles. The van der Waals surface area contributed by atoms with Crippen LogP contribution in [0.25, 0.3) is 0 Å². The topological polar surface area (TPSA) is 24.9 Å². The van der Waals surface area contributed by atoms with E-state index in [9.17, 15) is 4.39 Å². The fourth-order valence-corrected chi connectivity index (χ4v) is 2.23. The van der Waals surface area contributed by atoms with Crippen molar-refractivity contribution in [3.63, 3.8) is 0 Å². The summed E-state index contributed by atoms with van der Waals surface area (Å²) in [6.45, 7) is 7.54. The highest BCUT2D eigenvalue weighted by Crippen LogP contribution is 2.25. The second-order valence-electron chi connectivity index (χ2n) is 4.86. The van der Waals surface area contributed by atoms with Gasteiger partial charge in [0, 0.05) is 12.2 Å². The second kappa shape index (κ2) is 8.20. The van der Waals surface area contributed by atoms with Crippen molar-refractivity contribution in [2.24, 2.45) is 5.92 Å². The van der Waals surface area contributed by atoms with Gasteiger partial charge in [0.15, 0.2) is 0 Å². The van der Waals surface area contributed by atoms with Gasteiger partial charge in [-0.15, -0.1) is 0 Å². The third-order valence-corrected chi connectivity index (χ3v) is 3.49. The molecule has 0 fully saturated rings. The molecule has 0 radical (unpaired) electrons. The fourth-order valence-electron chi connectivity index (χ4n) is 2.23. The van der Waals surface area contributed by atoms with E-state index >= 15 is 0 Å². The predicted molar refractivity (Wildman–Crippen MR) is 73.9 cm³/mol. The summed E-state index contributed by atoms with van der Waals surface area (Å²) in [7, 11) is 0. The lowest BCUT2D eigenvalue weighted by molar-refractivity contribution is 0.370. The Morgan fingerprint density at radius 2 is 1.94 bits per heavy atom. The van der Waals surface area contributed by atoms with Crippen molar-refractivity contribution in [1.29, 1.82) is 0 Å². The van der Waals surface area contributed by atoms with E-state index in [1.807, 2.05) is 0 Å². The summed E-state index contributed by atoms with van der Waals surface area (Å²) >= 11 is 0. The summed E-state index contributed by atoms with van der Waals surface area (Å²) in [6.07, 6.45) is 7.52. The first kappa shape index (κ1) is 15.1. The zero-order valence-electron chi connectivity index (χ0n) is 11.7. The summed E-state index contributed by atoms with van der Waals surface area (Å²) in [5, 5.41) is 3.51. The van der Waals surface area contributed by atoms with Gasteiger partial charge in [-0.05, 0) is 36.9 Å². The second-order valence-corrected chi connectivity index (χ2v) is 4.86. The molecule has 0 saturated heterocycles. The Morgan fingerprint density at radius 3 is 2.50 bits per heavy atom. The quantitative estimate of drug-likeness (QED) is 0.754. The third-order valence-electron chi connectivity index (χ3n) is 3.49. The van der Waals surface area contributed by atoms with Crippen molar-refractivity contribution in [3.8, 4) is 0 Å². The molecule has 102 valence electrons. The zero-order chi connectivity index (χ0) is 13.4. The zero-order valence-corrected chi connectivity index (χ0v) is 11.7. The van der Waals surface area contributed by atoms with Crippen LogP contribution in [0.4, 0.5) is 4.39 Å². The minimum absolute atomic E-state index is 0.220. The minimum Gasteiger partial charge on any atom is -0.310 e. The lowest BCUT2D eigenvalue weighted by Gasteiger charge is -2.23.